The second-order valence-corrected chi connectivity index (χ2v) is 5.52. The molecule has 0 radical (unpaired) electrons. The van der Waals surface area contributed by atoms with Gasteiger partial charge in [0.1, 0.15) is 0 Å². The van der Waals surface area contributed by atoms with Gasteiger partial charge >= 0.3 is 0 Å². The molecule has 0 aromatic heterocycles. The number of rotatable bonds is 5. The first kappa shape index (κ1) is 14.3. The van der Waals surface area contributed by atoms with Gasteiger partial charge in [0, 0.05) is 26.1 Å². The molecule has 0 atom stereocenters. The minimum atomic E-state index is -0.0211. The monoisotopic (exact) mass is 267 g/mol. The lowest BCUT2D eigenvalue weighted by atomic mass is 10.1. The summed E-state index contributed by atoms with van der Waals surface area (Å²) in [5.41, 5.74) is 0. The van der Waals surface area contributed by atoms with Gasteiger partial charge in [-0.1, -0.05) is 6.42 Å². The van der Waals surface area contributed by atoms with Crippen molar-refractivity contribution in [2.24, 2.45) is 0 Å². The zero-order valence-electron chi connectivity index (χ0n) is 11.7. The summed E-state index contributed by atoms with van der Waals surface area (Å²) in [5, 5.41) is 2.92. The van der Waals surface area contributed by atoms with Crippen molar-refractivity contribution in [1.29, 1.82) is 0 Å². The highest BCUT2D eigenvalue weighted by atomic mass is 16.2. The van der Waals surface area contributed by atoms with Gasteiger partial charge in [-0.3, -0.25) is 9.59 Å². The molecule has 0 saturated carbocycles. The van der Waals surface area contributed by atoms with E-state index in [0.29, 0.717) is 13.0 Å². The quantitative estimate of drug-likeness (QED) is 0.793. The fourth-order valence-electron chi connectivity index (χ4n) is 2.79. The third-order valence-electron chi connectivity index (χ3n) is 3.95. The van der Waals surface area contributed by atoms with Crippen LogP contribution in [0.25, 0.3) is 0 Å². The van der Waals surface area contributed by atoms with Crippen molar-refractivity contribution in [1.82, 2.24) is 15.1 Å². The van der Waals surface area contributed by atoms with Crippen LogP contribution >= 0.6 is 0 Å². The van der Waals surface area contributed by atoms with Crippen LogP contribution in [0.3, 0.4) is 0 Å². The van der Waals surface area contributed by atoms with Gasteiger partial charge in [0.15, 0.2) is 0 Å². The van der Waals surface area contributed by atoms with Gasteiger partial charge < -0.3 is 15.1 Å². The Hall–Kier alpha value is -1.10. The van der Waals surface area contributed by atoms with E-state index in [1.807, 2.05) is 0 Å². The molecule has 2 aliphatic rings. The van der Waals surface area contributed by atoms with Crippen LogP contribution in [0.15, 0.2) is 0 Å². The standard InChI is InChI=1S/C14H25N3O2/c18-13(12-17-10-5-2-6-14(17)19)15-7-11-16-8-3-1-4-9-16/h1-12H2,(H,15,18). The van der Waals surface area contributed by atoms with Gasteiger partial charge in [0.2, 0.25) is 11.8 Å². The molecule has 108 valence electrons. The first-order valence-corrected chi connectivity index (χ1v) is 7.52. The molecule has 1 N–H and O–H groups in total. The molecule has 5 heteroatoms. The second-order valence-electron chi connectivity index (χ2n) is 5.52. The maximum absolute atomic E-state index is 11.8. The van der Waals surface area contributed by atoms with E-state index in [0.717, 1.165) is 39.0 Å². The number of likely N-dealkylation sites (tertiary alicyclic amines) is 2. The normalized spacial score (nSPS) is 21.5. The number of hydrogen-bond acceptors (Lipinski definition) is 3. The van der Waals surface area contributed by atoms with Crippen molar-refractivity contribution in [3.05, 3.63) is 0 Å². The molecular weight excluding hydrogens is 242 g/mol. The molecule has 2 rings (SSSR count). The van der Waals surface area contributed by atoms with Gasteiger partial charge in [-0.15, -0.1) is 0 Å². The van der Waals surface area contributed by atoms with E-state index in [2.05, 4.69) is 10.2 Å². The summed E-state index contributed by atoms with van der Waals surface area (Å²) < 4.78 is 0. The predicted molar refractivity (Wildman–Crippen MR) is 73.7 cm³/mol. The number of nitrogens with one attached hydrogen (secondary N) is 1. The van der Waals surface area contributed by atoms with Gasteiger partial charge in [-0.05, 0) is 38.8 Å². The average Bonchev–Trinajstić information content (AvgIpc) is 2.43. The number of carbonyl (C=O) groups is 2. The van der Waals surface area contributed by atoms with Crippen LogP contribution in [0.1, 0.15) is 38.5 Å². The van der Waals surface area contributed by atoms with Gasteiger partial charge in [-0.25, -0.2) is 0 Å². The number of amides is 2. The molecule has 2 aliphatic heterocycles. The van der Waals surface area contributed by atoms with E-state index in [9.17, 15) is 9.59 Å². The molecule has 0 bridgehead atoms. The summed E-state index contributed by atoms with van der Waals surface area (Å²) in [7, 11) is 0. The predicted octanol–water partition coefficient (Wildman–Crippen LogP) is 0.601. The topological polar surface area (TPSA) is 52.7 Å². The van der Waals surface area contributed by atoms with Crippen molar-refractivity contribution >= 4 is 11.8 Å². The van der Waals surface area contributed by atoms with Crippen LogP contribution in [0.5, 0.6) is 0 Å². The minimum absolute atomic E-state index is 0.0211. The van der Waals surface area contributed by atoms with Crippen molar-refractivity contribution in [2.75, 3.05) is 39.3 Å². The Morgan fingerprint density at radius 3 is 2.53 bits per heavy atom. The molecule has 0 aromatic carbocycles. The van der Waals surface area contributed by atoms with Crippen LogP contribution in [0.2, 0.25) is 0 Å². The van der Waals surface area contributed by atoms with Gasteiger partial charge in [-0.2, -0.15) is 0 Å². The van der Waals surface area contributed by atoms with E-state index in [4.69, 9.17) is 0 Å². The summed E-state index contributed by atoms with van der Waals surface area (Å²) >= 11 is 0. The number of piperidine rings is 2. The zero-order valence-corrected chi connectivity index (χ0v) is 11.7. The summed E-state index contributed by atoms with van der Waals surface area (Å²) in [4.78, 5) is 27.4. The molecular formula is C14H25N3O2. The molecule has 2 heterocycles. The van der Waals surface area contributed by atoms with E-state index in [-0.39, 0.29) is 18.4 Å². The lowest BCUT2D eigenvalue weighted by molar-refractivity contribution is -0.137. The average molecular weight is 267 g/mol. The molecule has 2 saturated heterocycles. The highest BCUT2D eigenvalue weighted by Gasteiger charge is 2.20. The lowest BCUT2D eigenvalue weighted by Gasteiger charge is -2.27. The highest BCUT2D eigenvalue weighted by Crippen LogP contribution is 2.09. The molecule has 0 spiro atoms. The first-order chi connectivity index (χ1) is 9.25. The van der Waals surface area contributed by atoms with Crippen LogP contribution in [0.4, 0.5) is 0 Å². The van der Waals surface area contributed by atoms with Crippen LogP contribution in [-0.2, 0) is 9.59 Å². The molecule has 0 aromatic rings. The van der Waals surface area contributed by atoms with Crippen molar-refractivity contribution in [2.45, 2.75) is 38.5 Å². The maximum Gasteiger partial charge on any atom is 0.239 e. The van der Waals surface area contributed by atoms with E-state index in [1.54, 1.807) is 4.90 Å². The number of hydrogen-bond donors (Lipinski definition) is 1. The van der Waals surface area contributed by atoms with Crippen LogP contribution < -0.4 is 5.32 Å². The first-order valence-electron chi connectivity index (χ1n) is 7.52. The molecule has 0 unspecified atom stereocenters. The molecule has 2 fully saturated rings. The maximum atomic E-state index is 11.8. The van der Waals surface area contributed by atoms with E-state index >= 15 is 0 Å². The summed E-state index contributed by atoms with van der Waals surface area (Å²) in [6, 6.07) is 0. The molecule has 5 nitrogen and oxygen atoms in total. The Morgan fingerprint density at radius 2 is 1.79 bits per heavy atom. The SMILES string of the molecule is O=C(CN1CCCCC1=O)NCCN1CCCCC1. The Balaban J connectivity index is 1.59. The van der Waals surface area contributed by atoms with E-state index < -0.39 is 0 Å². The van der Waals surface area contributed by atoms with Crippen molar-refractivity contribution < 1.29 is 9.59 Å². The fourth-order valence-corrected chi connectivity index (χ4v) is 2.79. The molecule has 2 amide bonds. The Bertz CT molecular complexity index is 314. The smallest absolute Gasteiger partial charge is 0.239 e. The van der Waals surface area contributed by atoms with Crippen molar-refractivity contribution in [3.8, 4) is 0 Å². The zero-order chi connectivity index (χ0) is 13.5. The Kier molecular flexibility index (Phi) is 5.63. The van der Waals surface area contributed by atoms with Crippen LogP contribution in [0, 0.1) is 0 Å². The molecule has 19 heavy (non-hydrogen) atoms. The third-order valence-corrected chi connectivity index (χ3v) is 3.95. The number of carbonyl (C=O) groups excluding carboxylic acids is 2. The third kappa shape index (κ3) is 4.82. The number of nitrogens with zero attached hydrogens (tertiary/aromatic N) is 2. The van der Waals surface area contributed by atoms with E-state index in [1.165, 1.54) is 19.3 Å². The van der Waals surface area contributed by atoms with Crippen LogP contribution in [-0.4, -0.2) is 60.9 Å². The summed E-state index contributed by atoms with van der Waals surface area (Å²) in [6.07, 6.45) is 6.46. The molecule has 0 aliphatic carbocycles. The summed E-state index contributed by atoms with van der Waals surface area (Å²) in [6.45, 7) is 4.90. The summed E-state index contributed by atoms with van der Waals surface area (Å²) in [5.74, 6) is 0.102. The van der Waals surface area contributed by atoms with Gasteiger partial charge in [0.05, 0.1) is 6.54 Å². The Labute approximate surface area is 115 Å². The second kappa shape index (κ2) is 7.48. The van der Waals surface area contributed by atoms with Crippen molar-refractivity contribution in [3.63, 3.8) is 0 Å². The highest BCUT2D eigenvalue weighted by molar-refractivity contribution is 5.85. The minimum Gasteiger partial charge on any atom is -0.353 e. The lowest BCUT2D eigenvalue weighted by Crippen LogP contribution is -2.45. The largest absolute Gasteiger partial charge is 0.353 e. The van der Waals surface area contributed by atoms with Gasteiger partial charge in [0.25, 0.3) is 0 Å². The Morgan fingerprint density at radius 1 is 1.05 bits per heavy atom. The fraction of sp³-hybridized carbons (Fsp3) is 0.857.